The average molecular weight is 343 g/mol. The zero-order valence-electron chi connectivity index (χ0n) is 14.3. The SMILES string of the molecule is CC[C@H](Oc1ccc(C)cc1)C(=O)NCCSCc1ccccc1. The molecule has 2 aromatic rings. The Balaban J connectivity index is 1.68. The van der Waals surface area contributed by atoms with Gasteiger partial charge in [-0.15, -0.1) is 0 Å². The number of rotatable bonds is 9. The van der Waals surface area contributed by atoms with E-state index >= 15 is 0 Å². The average Bonchev–Trinajstić information content (AvgIpc) is 2.61. The molecule has 2 aromatic carbocycles. The minimum absolute atomic E-state index is 0.0432. The molecule has 0 bridgehead atoms. The van der Waals surface area contributed by atoms with Crippen LogP contribution in [0.25, 0.3) is 0 Å². The molecular weight excluding hydrogens is 318 g/mol. The van der Waals surface area contributed by atoms with Gasteiger partial charge in [0.05, 0.1) is 0 Å². The molecule has 0 aliphatic carbocycles. The summed E-state index contributed by atoms with van der Waals surface area (Å²) in [6.07, 6.45) is 0.212. The van der Waals surface area contributed by atoms with Crippen LogP contribution < -0.4 is 10.1 Å². The van der Waals surface area contributed by atoms with Gasteiger partial charge in [0.15, 0.2) is 6.10 Å². The van der Waals surface area contributed by atoms with Crippen LogP contribution in [0.5, 0.6) is 5.75 Å². The Morgan fingerprint density at radius 2 is 1.83 bits per heavy atom. The van der Waals surface area contributed by atoms with Gasteiger partial charge >= 0.3 is 0 Å². The Morgan fingerprint density at radius 1 is 1.12 bits per heavy atom. The number of ether oxygens (including phenoxy) is 1. The van der Waals surface area contributed by atoms with Crippen LogP contribution in [0, 0.1) is 6.92 Å². The van der Waals surface area contributed by atoms with E-state index in [4.69, 9.17) is 4.74 Å². The zero-order valence-corrected chi connectivity index (χ0v) is 15.1. The van der Waals surface area contributed by atoms with Crippen LogP contribution in [0.1, 0.15) is 24.5 Å². The van der Waals surface area contributed by atoms with E-state index in [2.05, 4.69) is 17.4 Å². The number of amides is 1. The van der Waals surface area contributed by atoms with Gasteiger partial charge in [0, 0.05) is 18.1 Å². The third-order valence-electron chi connectivity index (χ3n) is 3.62. The van der Waals surface area contributed by atoms with E-state index < -0.39 is 6.10 Å². The summed E-state index contributed by atoms with van der Waals surface area (Å²) in [6, 6.07) is 18.1. The molecule has 0 spiro atoms. The van der Waals surface area contributed by atoms with Gasteiger partial charge < -0.3 is 10.1 Å². The smallest absolute Gasteiger partial charge is 0.261 e. The maximum atomic E-state index is 12.2. The second-order valence-corrected chi connectivity index (χ2v) is 6.76. The molecule has 0 unspecified atom stereocenters. The molecule has 0 radical (unpaired) electrons. The highest BCUT2D eigenvalue weighted by Gasteiger charge is 2.17. The Kier molecular flexibility index (Phi) is 7.69. The Bertz CT molecular complexity index is 613. The Hall–Kier alpha value is -1.94. The van der Waals surface area contributed by atoms with Gasteiger partial charge in [-0.25, -0.2) is 0 Å². The first-order chi connectivity index (χ1) is 11.7. The third kappa shape index (κ3) is 6.28. The lowest BCUT2D eigenvalue weighted by molar-refractivity contribution is -0.127. The van der Waals surface area contributed by atoms with Crippen molar-refractivity contribution in [3.05, 3.63) is 65.7 Å². The van der Waals surface area contributed by atoms with Crippen molar-refractivity contribution >= 4 is 17.7 Å². The highest BCUT2D eigenvalue weighted by molar-refractivity contribution is 7.98. The van der Waals surface area contributed by atoms with Gasteiger partial charge in [-0.3, -0.25) is 4.79 Å². The molecule has 4 heteroatoms. The van der Waals surface area contributed by atoms with Gasteiger partial charge in [0.25, 0.3) is 5.91 Å². The molecular formula is C20H25NO2S. The summed E-state index contributed by atoms with van der Waals surface area (Å²) in [6.45, 7) is 4.65. The van der Waals surface area contributed by atoms with E-state index in [1.807, 2.05) is 68.1 Å². The van der Waals surface area contributed by atoms with Gasteiger partial charge in [-0.05, 0) is 31.0 Å². The minimum atomic E-state index is -0.438. The van der Waals surface area contributed by atoms with Crippen LogP contribution in [-0.2, 0) is 10.5 Å². The topological polar surface area (TPSA) is 38.3 Å². The highest BCUT2D eigenvalue weighted by Crippen LogP contribution is 2.15. The number of carbonyl (C=O) groups is 1. The van der Waals surface area contributed by atoms with E-state index in [9.17, 15) is 4.79 Å². The standard InChI is InChI=1S/C20H25NO2S/c1-3-19(23-18-11-9-16(2)10-12-18)20(22)21-13-14-24-15-17-7-5-4-6-8-17/h4-12,19H,3,13-15H2,1-2H3,(H,21,22)/t19-/m0/s1. The summed E-state index contributed by atoms with van der Waals surface area (Å²) in [5.74, 6) is 2.55. The summed E-state index contributed by atoms with van der Waals surface area (Å²) < 4.78 is 5.79. The lowest BCUT2D eigenvalue weighted by atomic mass is 10.2. The van der Waals surface area contributed by atoms with E-state index in [0.29, 0.717) is 13.0 Å². The largest absolute Gasteiger partial charge is 0.481 e. The highest BCUT2D eigenvalue weighted by atomic mass is 32.2. The molecule has 0 saturated carbocycles. The molecule has 24 heavy (non-hydrogen) atoms. The fraction of sp³-hybridized carbons (Fsp3) is 0.350. The Labute approximate surface area is 148 Å². The maximum absolute atomic E-state index is 12.2. The first-order valence-electron chi connectivity index (χ1n) is 8.31. The van der Waals surface area contributed by atoms with Crippen LogP contribution >= 0.6 is 11.8 Å². The van der Waals surface area contributed by atoms with Crippen LogP contribution in [-0.4, -0.2) is 24.3 Å². The van der Waals surface area contributed by atoms with Gasteiger partial charge in [-0.1, -0.05) is 55.0 Å². The molecule has 0 aliphatic heterocycles. The normalized spacial score (nSPS) is 11.8. The molecule has 0 aliphatic rings. The van der Waals surface area contributed by atoms with Crippen molar-refractivity contribution in [3.8, 4) is 5.75 Å². The number of nitrogens with one attached hydrogen (secondary N) is 1. The molecule has 2 rings (SSSR count). The third-order valence-corrected chi connectivity index (χ3v) is 4.65. The number of thioether (sulfide) groups is 1. The summed E-state index contributed by atoms with van der Waals surface area (Å²) in [5, 5.41) is 2.97. The summed E-state index contributed by atoms with van der Waals surface area (Å²) in [7, 11) is 0. The molecule has 128 valence electrons. The van der Waals surface area contributed by atoms with Crippen molar-refractivity contribution in [2.24, 2.45) is 0 Å². The molecule has 1 amide bonds. The molecule has 3 nitrogen and oxygen atoms in total. The predicted molar refractivity (Wildman–Crippen MR) is 101 cm³/mol. The van der Waals surface area contributed by atoms with Gasteiger partial charge in [0.2, 0.25) is 0 Å². The van der Waals surface area contributed by atoms with Crippen molar-refractivity contribution < 1.29 is 9.53 Å². The quantitative estimate of drug-likeness (QED) is 0.694. The molecule has 0 heterocycles. The molecule has 1 atom stereocenters. The van der Waals surface area contributed by atoms with Crippen molar-refractivity contribution in [1.29, 1.82) is 0 Å². The van der Waals surface area contributed by atoms with Crippen LogP contribution in [0.15, 0.2) is 54.6 Å². The molecule has 0 saturated heterocycles. The van der Waals surface area contributed by atoms with Gasteiger partial charge in [-0.2, -0.15) is 11.8 Å². The first kappa shape index (κ1) is 18.4. The summed E-state index contributed by atoms with van der Waals surface area (Å²) >= 11 is 1.82. The fourth-order valence-corrected chi connectivity index (χ4v) is 3.05. The lowest BCUT2D eigenvalue weighted by Crippen LogP contribution is -2.39. The van der Waals surface area contributed by atoms with Crippen molar-refractivity contribution in [3.63, 3.8) is 0 Å². The van der Waals surface area contributed by atoms with Crippen molar-refractivity contribution in [2.45, 2.75) is 32.1 Å². The maximum Gasteiger partial charge on any atom is 0.261 e. The number of carbonyl (C=O) groups excluding carboxylic acids is 1. The molecule has 1 N–H and O–H groups in total. The van der Waals surface area contributed by atoms with Crippen LogP contribution in [0.3, 0.4) is 0 Å². The van der Waals surface area contributed by atoms with Crippen molar-refractivity contribution in [2.75, 3.05) is 12.3 Å². The molecule has 0 fully saturated rings. The number of hydrogen-bond donors (Lipinski definition) is 1. The fourth-order valence-electron chi connectivity index (χ4n) is 2.23. The second-order valence-electron chi connectivity index (χ2n) is 5.66. The summed E-state index contributed by atoms with van der Waals surface area (Å²) in [4.78, 5) is 12.2. The molecule has 0 aromatic heterocycles. The van der Waals surface area contributed by atoms with Crippen LogP contribution in [0.2, 0.25) is 0 Å². The van der Waals surface area contributed by atoms with E-state index in [-0.39, 0.29) is 5.91 Å². The second kappa shape index (κ2) is 10.0. The minimum Gasteiger partial charge on any atom is -0.481 e. The summed E-state index contributed by atoms with van der Waals surface area (Å²) in [5.41, 5.74) is 2.48. The van der Waals surface area contributed by atoms with Gasteiger partial charge in [0.1, 0.15) is 5.75 Å². The zero-order chi connectivity index (χ0) is 17.2. The first-order valence-corrected chi connectivity index (χ1v) is 9.47. The van der Waals surface area contributed by atoms with E-state index in [1.165, 1.54) is 11.1 Å². The van der Waals surface area contributed by atoms with E-state index in [0.717, 1.165) is 17.3 Å². The Morgan fingerprint density at radius 3 is 2.50 bits per heavy atom. The predicted octanol–water partition coefficient (Wildman–Crippen LogP) is 4.20. The van der Waals surface area contributed by atoms with E-state index in [1.54, 1.807) is 0 Å². The number of benzene rings is 2. The number of aryl methyl sites for hydroxylation is 1. The van der Waals surface area contributed by atoms with Crippen LogP contribution in [0.4, 0.5) is 0 Å². The monoisotopic (exact) mass is 343 g/mol. The van der Waals surface area contributed by atoms with Crippen molar-refractivity contribution in [1.82, 2.24) is 5.32 Å². The number of hydrogen-bond acceptors (Lipinski definition) is 3. The lowest BCUT2D eigenvalue weighted by Gasteiger charge is -2.17.